The van der Waals surface area contributed by atoms with Gasteiger partial charge in [0, 0.05) is 17.5 Å². The van der Waals surface area contributed by atoms with Crippen LogP contribution < -0.4 is 5.32 Å². The first-order chi connectivity index (χ1) is 13.1. The van der Waals surface area contributed by atoms with Gasteiger partial charge in [-0.2, -0.15) is 5.10 Å². The standard InChI is InChI=1S/C20H26N6OS/c1-10(2)18-23-24-19(28-18)22-17(27)13-9-14(12-7-8-12)21-16-15(13)11(3)25-26(16)20(4,5)6/h9-10,12H,7-8H2,1-6H3,(H,22,24,27). The van der Waals surface area contributed by atoms with Gasteiger partial charge in [0.1, 0.15) is 5.01 Å². The summed E-state index contributed by atoms with van der Waals surface area (Å²) in [5.74, 6) is 0.537. The second-order valence-electron chi connectivity index (χ2n) is 8.79. The summed E-state index contributed by atoms with van der Waals surface area (Å²) in [6.45, 7) is 12.3. The Kier molecular flexibility index (Phi) is 4.49. The van der Waals surface area contributed by atoms with Crippen molar-refractivity contribution in [1.82, 2.24) is 25.0 Å². The Balaban J connectivity index is 1.80. The van der Waals surface area contributed by atoms with Crippen LogP contribution in [0.3, 0.4) is 0 Å². The molecule has 0 bridgehead atoms. The van der Waals surface area contributed by atoms with Crippen LogP contribution in [-0.4, -0.2) is 30.9 Å². The Hall–Kier alpha value is -2.35. The highest BCUT2D eigenvalue weighted by molar-refractivity contribution is 7.15. The van der Waals surface area contributed by atoms with Crippen LogP contribution in [0.4, 0.5) is 5.13 Å². The maximum absolute atomic E-state index is 13.2. The Labute approximate surface area is 168 Å². The summed E-state index contributed by atoms with van der Waals surface area (Å²) in [4.78, 5) is 18.1. The molecular weight excluding hydrogens is 372 g/mol. The van der Waals surface area contributed by atoms with Crippen molar-refractivity contribution in [2.24, 2.45) is 0 Å². The molecule has 0 atom stereocenters. The lowest BCUT2D eigenvalue weighted by Crippen LogP contribution is -2.23. The molecule has 1 N–H and O–H groups in total. The van der Waals surface area contributed by atoms with Crippen LogP contribution >= 0.6 is 11.3 Å². The number of fused-ring (bicyclic) bond motifs is 1. The van der Waals surface area contributed by atoms with Gasteiger partial charge in [-0.3, -0.25) is 10.1 Å². The minimum Gasteiger partial charge on any atom is -0.296 e. The van der Waals surface area contributed by atoms with Crippen molar-refractivity contribution in [1.29, 1.82) is 0 Å². The van der Waals surface area contributed by atoms with Gasteiger partial charge >= 0.3 is 0 Å². The van der Waals surface area contributed by atoms with Crippen LogP contribution in [0.1, 0.15) is 86.0 Å². The van der Waals surface area contributed by atoms with Crippen molar-refractivity contribution in [3.05, 3.63) is 28.0 Å². The topological polar surface area (TPSA) is 85.6 Å². The van der Waals surface area contributed by atoms with Gasteiger partial charge in [-0.25, -0.2) is 9.67 Å². The van der Waals surface area contributed by atoms with E-state index in [1.807, 2.05) is 17.7 Å². The van der Waals surface area contributed by atoms with Crippen molar-refractivity contribution < 1.29 is 4.79 Å². The van der Waals surface area contributed by atoms with Crippen LogP contribution in [0.15, 0.2) is 6.07 Å². The molecule has 0 unspecified atom stereocenters. The highest BCUT2D eigenvalue weighted by Crippen LogP contribution is 2.41. The molecule has 1 aliphatic carbocycles. The van der Waals surface area contributed by atoms with Crippen molar-refractivity contribution in [2.45, 2.75) is 71.8 Å². The van der Waals surface area contributed by atoms with Crippen molar-refractivity contribution in [2.75, 3.05) is 5.32 Å². The normalized spacial score (nSPS) is 14.8. The second-order valence-corrected chi connectivity index (χ2v) is 9.80. The fourth-order valence-electron chi connectivity index (χ4n) is 3.23. The first-order valence-electron chi connectivity index (χ1n) is 9.70. The van der Waals surface area contributed by atoms with Crippen LogP contribution in [0.5, 0.6) is 0 Å². The number of aryl methyl sites for hydroxylation is 1. The molecule has 0 spiro atoms. The third-order valence-electron chi connectivity index (χ3n) is 4.86. The summed E-state index contributed by atoms with van der Waals surface area (Å²) in [5, 5.41) is 18.2. The summed E-state index contributed by atoms with van der Waals surface area (Å²) in [7, 11) is 0. The van der Waals surface area contributed by atoms with E-state index in [1.54, 1.807) is 0 Å². The third-order valence-corrected chi connectivity index (χ3v) is 6.00. The number of aromatic nitrogens is 5. The Bertz CT molecular complexity index is 1050. The summed E-state index contributed by atoms with van der Waals surface area (Å²) >= 11 is 1.42. The molecule has 7 nitrogen and oxygen atoms in total. The number of amides is 1. The molecule has 0 radical (unpaired) electrons. The fraction of sp³-hybridized carbons (Fsp3) is 0.550. The van der Waals surface area contributed by atoms with E-state index in [1.165, 1.54) is 11.3 Å². The van der Waals surface area contributed by atoms with Crippen molar-refractivity contribution in [3.8, 4) is 0 Å². The van der Waals surface area contributed by atoms with Crippen LogP contribution in [0, 0.1) is 6.92 Å². The minimum absolute atomic E-state index is 0.183. The predicted molar refractivity (Wildman–Crippen MR) is 111 cm³/mol. The van der Waals surface area contributed by atoms with Gasteiger partial charge in [-0.15, -0.1) is 10.2 Å². The Morgan fingerprint density at radius 2 is 2.00 bits per heavy atom. The fourth-order valence-corrected chi connectivity index (χ4v) is 3.97. The number of rotatable bonds is 4. The van der Waals surface area contributed by atoms with Crippen LogP contribution in [-0.2, 0) is 5.54 Å². The van der Waals surface area contributed by atoms with Gasteiger partial charge in [0.25, 0.3) is 5.91 Å². The highest BCUT2D eigenvalue weighted by atomic mass is 32.1. The maximum atomic E-state index is 13.2. The molecule has 1 aliphatic rings. The second kappa shape index (κ2) is 6.62. The lowest BCUT2D eigenvalue weighted by Gasteiger charge is -2.20. The number of pyridine rings is 1. The number of nitrogens with zero attached hydrogens (tertiary/aromatic N) is 5. The zero-order chi connectivity index (χ0) is 20.2. The van der Waals surface area contributed by atoms with Crippen molar-refractivity contribution >= 4 is 33.4 Å². The molecule has 0 saturated heterocycles. The number of nitrogens with one attached hydrogen (secondary N) is 1. The lowest BCUT2D eigenvalue weighted by molar-refractivity contribution is 0.102. The minimum atomic E-state index is -0.221. The smallest absolute Gasteiger partial charge is 0.258 e. The van der Waals surface area contributed by atoms with Gasteiger partial charge in [-0.1, -0.05) is 25.2 Å². The average molecular weight is 399 g/mol. The van der Waals surface area contributed by atoms with Gasteiger partial charge < -0.3 is 0 Å². The molecular formula is C20H26N6OS. The number of hydrogen-bond donors (Lipinski definition) is 1. The summed E-state index contributed by atoms with van der Waals surface area (Å²) in [5.41, 5.74) is 2.95. The van der Waals surface area contributed by atoms with E-state index >= 15 is 0 Å². The summed E-state index contributed by atoms with van der Waals surface area (Å²) in [6, 6.07) is 1.93. The number of anilines is 1. The molecule has 0 aromatic carbocycles. The van der Waals surface area contributed by atoms with Gasteiger partial charge in [0.15, 0.2) is 5.65 Å². The monoisotopic (exact) mass is 398 g/mol. The van der Waals surface area contributed by atoms with Crippen LogP contribution in [0.25, 0.3) is 11.0 Å². The number of hydrogen-bond acceptors (Lipinski definition) is 6. The average Bonchev–Trinajstić information content (AvgIpc) is 3.26. The zero-order valence-corrected chi connectivity index (χ0v) is 18.0. The lowest BCUT2D eigenvalue weighted by atomic mass is 10.1. The highest BCUT2D eigenvalue weighted by Gasteiger charge is 2.30. The molecule has 3 aromatic rings. The van der Waals surface area contributed by atoms with Gasteiger partial charge in [-0.05, 0) is 46.6 Å². The molecule has 3 aromatic heterocycles. The molecule has 148 valence electrons. The quantitative estimate of drug-likeness (QED) is 0.694. The van der Waals surface area contributed by atoms with E-state index in [0.29, 0.717) is 16.6 Å². The molecule has 3 heterocycles. The first kappa shape index (κ1) is 19.0. The zero-order valence-electron chi connectivity index (χ0n) is 17.2. The van der Waals surface area contributed by atoms with E-state index in [0.717, 1.165) is 40.3 Å². The van der Waals surface area contributed by atoms with Gasteiger partial charge in [0.05, 0.1) is 22.2 Å². The molecule has 0 aliphatic heterocycles. The number of carbonyl (C=O) groups is 1. The molecule has 28 heavy (non-hydrogen) atoms. The number of carbonyl (C=O) groups excluding carboxylic acids is 1. The third kappa shape index (κ3) is 3.41. The Morgan fingerprint density at radius 3 is 2.57 bits per heavy atom. The first-order valence-corrected chi connectivity index (χ1v) is 10.5. The molecule has 4 rings (SSSR count). The largest absolute Gasteiger partial charge is 0.296 e. The van der Waals surface area contributed by atoms with Crippen molar-refractivity contribution in [3.63, 3.8) is 0 Å². The maximum Gasteiger partial charge on any atom is 0.258 e. The van der Waals surface area contributed by atoms with E-state index in [2.05, 4.69) is 50.1 Å². The van der Waals surface area contributed by atoms with E-state index in [-0.39, 0.29) is 17.4 Å². The molecule has 1 fully saturated rings. The van der Waals surface area contributed by atoms with E-state index in [4.69, 9.17) is 10.1 Å². The van der Waals surface area contributed by atoms with Crippen LogP contribution in [0.2, 0.25) is 0 Å². The van der Waals surface area contributed by atoms with Gasteiger partial charge in [0.2, 0.25) is 5.13 Å². The van der Waals surface area contributed by atoms with E-state index in [9.17, 15) is 4.79 Å². The Morgan fingerprint density at radius 1 is 1.29 bits per heavy atom. The molecule has 1 saturated carbocycles. The summed E-state index contributed by atoms with van der Waals surface area (Å²) in [6.07, 6.45) is 2.24. The SMILES string of the molecule is Cc1nn(C(C)(C)C)c2nc(C3CC3)cc(C(=O)Nc3nnc(C(C)C)s3)c12. The van der Waals surface area contributed by atoms with E-state index < -0.39 is 0 Å². The summed E-state index contributed by atoms with van der Waals surface area (Å²) < 4.78 is 1.93. The molecule has 8 heteroatoms. The molecule has 1 amide bonds. The predicted octanol–water partition coefficient (Wildman–Crippen LogP) is 4.60.